The maximum Gasteiger partial charge on any atom is 0.338 e. The molecule has 0 aliphatic carbocycles. The number of halogens is 1. The first kappa shape index (κ1) is 22.7. The first-order valence-corrected chi connectivity index (χ1v) is 11.4. The van der Waals surface area contributed by atoms with Crippen LogP contribution in [-0.4, -0.2) is 44.3 Å². The van der Waals surface area contributed by atoms with Crippen molar-refractivity contribution >= 4 is 39.2 Å². The van der Waals surface area contributed by atoms with Gasteiger partial charge in [-0.25, -0.2) is 13.2 Å². The van der Waals surface area contributed by atoms with E-state index < -0.39 is 28.5 Å². The Morgan fingerprint density at radius 1 is 1.10 bits per heavy atom. The van der Waals surface area contributed by atoms with Crippen LogP contribution >= 0.6 is 11.6 Å². The summed E-state index contributed by atoms with van der Waals surface area (Å²) in [5.41, 5.74) is 0.545. The molecule has 1 aliphatic heterocycles. The molecule has 3 rings (SSSR count). The Morgan fingerprint density at radius 3 is 2.42 bits per heavy atom. The van der Waals surface area contributed by atoms with Gasteiger partial charge < -0.3 is 10.1 Å². The van der Waals surface area contributed by atoms with Gasteiger partial charge in [-0.1, -0.05) is 18.0 Å². The van der Waals surface area contributed by atoms with E-state index in [1.165, 1.54) is 46.8 Å². The number of esters is 1. The number of rotatable bonds is 6. The second-order valence-electron chi connectivity index (χ2n) is 6.92. The summed E-state index contributed by atoms with van der Waals surface area (Å²) in [6.07, 6.45) is 2.67. The SMILES string of the molecule is N#Cc1ccc(Cl)cc1NC(=O)COC(=O)c1ccc(S(=O)(=O)N2CCCCC2)cc1. The highest BCUT2D eigenvalue weighted by Gasteiger charge is 2.26. The van der Waals surface area contributed by atoms with Crippen molar-refractivity contribution in [3.8, 4) is 6.07 Å². The summed E-state index contributed by atoms with van der Waals surface area (Å²) in [5.74, 6) is -1.42. The lowest BCUT2D eigenvalue weighted by molar-refractivity contribution is -0.119. The average molecular weight is 462 g/mol. The fraction of sp³-hybridized carbons (Fsp3) is 0.286. The third kappa shape index (κ3) is 5.61. The van der Waals surface area contributed by atoms with Crippen molar-refractivity contribution in [3.05, 3.63) is 58.6 Å². The number of hydrogen-bond donors (Lipinski definition) is 1. The number of carbonyl (C=O) groups excluding carboxylic acids is 2. The molecule has 0 unspecified atom stereocenters. The van der Waals surface area contributed by atoms with Crippen LogP contribution in [0.4, 0.5) is 5.69 Å². The van der Waals surface area contributed by atoms with Crippen LogP contribution in [0.3, 0.4) is 0 Å². The molecular formula is C21H20ClN3O5S. The van der Waals surface area contributed by atoms with Crippen LogP contribution in [0.25, 0.3) is 0 Å². The predicted octanol–water partition coefficient (Wildman–Crippen LogP) is 3.18. The summed E-state index contributed by atoms with van der Waals surface area (Å²) in [4.78, 5) is 24.4. The molecule has 1 heterocycles. The Morgan fingerprint density at radius 2 is 1.77 bits per heavy atom. The zero-order valence-electron chi connectivity index (χ0n) is 16.5. The van der Waals surface area contributed by atoms with E-state index in [2.05, 4.69) is 5.32 Å². The zero-order valence-corrected chi connectivity index (χ0v) is 18.1. The number of ether oxygens (including phenoxy) is 1. The molecule has 1 amide bonds. The molecule has 2 aromatic rings. The number of amides is 1. The van der Waals surface area contributed by atoms with Gasteiger partial charge in [-0.3, -0.25) is 4.79 Å². The zero-order chi connectivity index (χ0) is 22.4. The van der Waals surface area contributed by atoms with Crippen molar-refractivity contribution in [2.24, 2.45) is 0 Å². The van der Waals surface area contributed by atoms with Crippen LogP contribution in [-0.2, 0) is 19.6 Å². The smallest absolute Gasteiger partial charge is 0.338 e. The third-order valence-corrected chi connectivity index (χ3v) is 6.90. The molecule has 2 aromatic carbocycles. The second-order valence-corrected chi connectivity index (χ2v) is 9.29. The van der Waals surface area contributed by atoms with Crippen LogP contribution in [0.2, 0.25) is 5.02 Å². The molecule has 10 heteroatoms. The van der Waals surface area contributed by atoms with Gasteiger partial charge in [0.1, 0.15) is 6.07 Å². The average Bonchev–Trinajstić information content (AvgIpc) is 2.78. The van der Waals surface area contributed by atoms with Crippen LogP contribution in [0.15, 0.2) is 47.4 Å². The summed E-state index contributed by atoms with van der Waals surface area (Å²) in [6.45, 7) is 0.396. The molecule has 0 aromatic heterocycles. The molecule has 31 heavy (non-hydrogen) atoms. The van der Waals surface area contributed by atoms with Crippen LogP contribution < -0.4 is 5.32 Å². The number of hydrogen-bond acceptors (Lipinski definition) is 6. The summed E-state index contributed by atoms with van der Waals surface area (Å²) in [6, 6.07) is 11.7. The monoisotopic (exact) mass is 461 g/mol. The minimum absolute atomic E-state index is 0.105. The number of nitriles is 1. The molecule has 0 spiro atoms. The van der Waals surface area contributed by atoms with Gasteiger partial charge in [0.15, 0.2) is 6.61 Å². The molecule has 1 saturated heterocycles. The first-order chi connectivity index (χ1) is 14.8. The number of carbonyl (C=O) groups is 2. The molecule has 0 bridgehead atoms. The molecule has 0 saturated carbocycles. The summed E-state index contributed by atoms with van der Waals surface area (Å²) >= 11 is 5.87. The molecule has 0 radical (unpaired) electrons. The number of nitrogens with zero attached hydrogens (tertiary/aromatic N) is 2. The number of anilines is 1. The molecule has 8 nitrogen and oxygen atoms in total. The van der Waals surface area contributed by atoms with Gasteiger partial charge in [-0.05, 0) is 55.3 Å². The first-order valence-electron chi connectivity index (χ1n) is 9.58. The van der Waals surface area contributed by atoms with Crippen LogP contribution in [0.1, 0.15) is 35.2 Å². The Bertz CT molecular complexity index is 1120. The van der Waals surface area contributed by atoms with Crippen molar-refractivity contribution in [1.29, 1.82) is 5.26 Å². The van der Waals surface area contributed by atoms with E-state index in [1.807, 2.05) is 6.07 Å². The standard InChI is InChI=1S/C21H20ClN3O5S/c22-17-7-4-16(13-23)19(12-17)24-20(26)14-30-21(27)15-5-8-18(9-6-15)31(28,29)25-10-2-1-3-11-25/h4-9,12H,1-3,10-11,14H2,(H,24,26). The highest BCUT2D eigenvalue weighted by atomic mass is 35.5. The number of benzene rings is 2. The molecule has 1 N–H and O–H groups in total. The molecule has 1 fully saturated rings. The topological polar surface area (TPSA) is 117 Å². The van der Waals surface area contributed by atoms with Crippen molar-refractivity contribution in [2.75, 3.05) is 25.0 Å². The van der Waals surface area contributed by atoms with Crippen LogP contribution in [0.5, 0.6) is 0 Å². The Hall–Kier alpha value is -2.93. The van der Waals surface area contributed by atoms with E-state index in [-0.39, 0.29) is 21.7 Å². The van der Waals surface area contributed by atoms with Crippen molar-refractivity contribution in [1.82, 2.24) is 4.31 Å². The van der Waals surface area contributed by atoms with Gasteiger partial charge >= 0.3 is 5.97 Å². The van der Waals surface area contributed by atoms with E-state index in [9.17, 15) is 18.0 Å². The fourth-order valence-electron chi connectivity index (χ4n) is 3.14. The van der Waals surface area contributed by atoms with Gasteiger partial charge in [0.25, 0.3) is 5.91 Å². The normalized spacial score (nSPS) is 14.5. The van der Waals surface area contributed by atoms with Gasteiger partial charge in [0, 0.05) is 18.1 Å². The van der Waals surface area contributed by atoms with Crippen molar-refractivity contribution in [2.45, 2.75) is 24.2 Å². The van der Waals surface area contributed by atoms with Gasteiger partial charge in [-0.15, -0.1) is 0 Å². The Labute approximate surface area is 185 Å². The summed E-state index contributed by atoms with van der Waals surface area (Å²) in [5, 5.41) is 11.9. The fourth-order valence-corrected chi connectivity index (χ4v) is 4.82. The number of nitrogens with one attached hydrogen (secondary N) is 1. The van der Waals surface area contributed by atoms with Crippen molar-refractivity contribution < 1.29 is 22.7 Å². The molecule has 162 valence electrons. The highest BCUT2D eigenvalue weighted by Crippen LogP contribution is 2.22. The quantitative estimate of drug-likeness (QED) is 0.660. The van der Waals surface area contributed by atoms with E-state index in [1.54, 1.807) is 0 Å². The van der Waals surface area contributed by atoms with E-state index in [0.29, 0.717) is 18.1 Å². The predicted molar refractivity (Wildman–Crippen MR) is 114 cm³/mol. The lowest BCUT2D eigenvalue weighted by Gasteiger charge is -2.25. The van der Waals surface area contributed by atoms with E-state index in [0.717, 1.165) is 19.3 Å². The maximum atomic E-state index is 12.7. The van der Waals surface area contributed by atoms with Crippen molar-refractivity contribution in [3.63, 3.8) is 0 Å². The van der Waals surface area contributed by atoms with Gasteiger partial charge in [0.05, 0.1) is 21.7 Å². The maximum absolute atomic E-state index is 12.7. The second kappa shape index (κ2) is 9.92. The third-order valence-electron chi connectivity index (χ3n) is 4.75. The van der Waals surface area contributed by atoms with Gasteiger partial charge in [-0.2, -0.15) is 9.57 Å². The van der Waals surface area contributed by atoms with E-state index in [4.69, 9.17) is 21.6 Å². The largest absolute Gasteiger partial charge is 0.452 e. The molecule has 0 atom stereocenters. The molecule has 1 aliphatic rings. The Balaban J connectivity index is 1.59. The van der Waals surface area contributed by atoms with E-state index >= 15 is 0 Å². The summed E-state index contributed by atoms with van der Waals surface area (Å²) < 4.78 is 31.7. The number of sulfonamides is 1. The van der Waals surface area contributed by atoms with Gasteiger partial charge in [0.2, 0.25) is 10.0 Å². The minimum atomic E-state index is -3.60. The summed E-state index contributed by atoms with van der Waals surface area (Å²) in [7, 11) is -3.60. The lowest BCUT2D eigenvalue weighted by Crippen LogP contribution is -2.35. The highest BCUT2D eigenvalue weighted by molar-refractivity contribution is 7.89. The molecular weight excluding hydrogens is 442 g/mol. The van der Waals surface area contributed by atoms with Crippen LogP contribution in [0, 0.1) is 11.3 Å². The minimum Gasteiger partial charge on any atom is -0.452 e. The Kier molecular flexibility index (Phi) is 7.28. The number of piperidine rings is 1. The lowest BCUT2D eigenvalue weighted by atomic mass is 10.2.